The fourth-order valence-corrected chi connectivity index (χ4v) is 2.29. The van der Waals surface area contributed by atoms with Crippen LogP contribution in [-0.2, 0) is 9.53 Å². The largest absolute Gasteiger partial charge is 0.368 e. The molecule has 0 saturated carbocycles. The third-order valence-electron chi connectivity index (χ3n) is 3.25. The molecule has 0 radical (unpaired) electrons. The summed E-state index contributed by atoms with van der Waals surface area (Å²) in [7, 11) is 0. The second-order valence-corrected chi connectivity index (χ2v) is 4.65. The van der Waals surface area contributed by atoms with Gasteiger partial charge in [-0.1, -0.05) is 0 Å². The fourth-order valence-electron chi connectivity index (χ4n) is 2.29. The van der Waals surface area contributed by atoms with Crippen LogP contribution in [0.1, 0.15) is 26.7 Å². The van der Waals surface area contributed by atoms with Crippen LogP contribution in [0.25, 0.3) is 0 Å². The second kappa shape index (κ2) is 4.49. The first-order valence-electron chi connectivity index (χ1n) is 5.84. The SMILES string of the molecule is CC1CN(C(=O)[C@@H]2CCCO2)C(C)CN1. The van der Waals surface area contributed by atoms with Crippen LogP contribution in [0.2, 0.25) is 0 Å². The van der Waals surface area contributed by atoms with Crippen molar-refractivity contribution in [3.05, 3.63) is 0 Å². The van der Waals surface area contributed by atoms with Crippen LogP contribution in [0.3, 0.4) is 0 Å². The van der Waals surface area contributed by atoms with Crippen LogP contribution in [0, 0.1) is 0 Å². The molecule has 0 spiro atoms. The van der Waals surface area contributed by atoms with E-state index < -0.39 is 0 Å². The van der Waals surface area contributed by atoms with E-state index >= 15 is 0 Å². The first kappa shape index (κ1) is 10.9. The molecular weight excluding hydrogens is 192 g/mol. The quantitative estimate of drug-likeness (QED) is 0.683. The van der Waals surface area contributed by atoms with Gasteiger partial charge >= 0.3 is 0 Å². The lowest BCUT2D eigenvalue weighted by Gasteiger charge is -2.38. The van der Waals surface area contributed by atoms with Gasteiger partial charge in [0, 0.05) is 31.8 Å². The highest BCUT2D eigenvalue weighted by Crippen LogP contribution is 2.17. The molecule has 0 aromatic heterocycles. The number of nitrogens with zero attached hydrogens (tertiary/aromatic N) is 1. The number of carbonyl (C=O) groups excluding carboxylic acids is 1. The first-order valence-corrected chi connectivity index (χ1v) is 5.84. The molecule has 3 atom stereocenters. The number of piperazine rings is 1. The third-order valence-corrected chi connectivity index (χ3v) is 3.25. The predicted octanol–water partition coefficient (Wildman–Crippen LogP) is 0.374. The van der Waals surface area contributed by atoms with E-state index in [0.717, 1.165) is 32.5 Å². The molecule has 4 heteroatoms. The Kier molecular flexibility index (Phi) is 3.26. The molecule has 2 unspecified atom stereocenters. The van der Waals surface area contributed by atoms with Crippen molar-refractivity contribution >= 4 is 5.91 Å². The van der Waals surface area contributed by atoms with E-state index in [4.69, 9.17) is 4.74 Å². The van der Waals surface area contributed by atoms with Gasteiger partial charge in [-0.2, -0.15) is 0 Å². The number of nitrogens with one attached hydrogen (secondary N) is 1. The first-order chi connectivity index (χ1) is 7.18. The summed E-state index contributed by atoms with van der Waals surface area (Å²) in [4.78, 5) is 14.1. The average Bonchev–Trinajstić information content (AvgIpc) is 2.74. The molecule has 0 aromatic rings. The van der Waals surface area contributed by atoms with Crippen LogP contribution in [0.15, 0.2) is 0 Å². The van der Waals surface area contributed by atoms with Gasteiger partial charge in [-0.05, 0) is 26.7 Å². The maximum atomic E-state index is 12.1. The summed E-state index contributed by atoms with van der Waals surface area (Å²) < 4.78 is 5.44. The molecule has 0 aromatic carbocycles. The molecule has 0 bridgehead atoms. The van der Waals surface area contributed by atoms with E-state index in [1.54, 1.807) is 0 Å². The molecule has 1 N–H and O–H groups in total. The van der Waals surface area contributed by atoms with E-state index in [1.807, 2.05) is 4.90 Å². The van der Waals surface area contributed by atoms with Gasteiger partial charge in [-0.25, -0.2) is 0 Å². The van der Waals surface area contributed by atoms with Crippen LogP contribution in [0.4, 0.5) is 0 Å². The average molecular weight is 212 g/mol. The van der Waals surface area contributed by atoms with E-state index in [2.05, 4.69) is 19.2 Å². The molecule has 2 heterocycles. The molecule has 2 aliphatic rings. The van der Waals surface area contributed by atoms with Crippen molar-refractivity contribution in [3.8, 4) is 0 Å². The number of hydrogen-bond donors (Lipinski definition) is 1. The Balaban J connectivity index is 1.97. The Bertz CT molecular complexity index is 239. The van der Waals surface area contributed by atoms with E-state index in [0.29, 0.717) is 6.04 Å². The maximum Gasteiger partial charge on any atom is 0.252 e. The van der Waals surface area contributed by atoms with Crippen molar-refractivity contribution in [2.45, 2.75) is 44.9 Å². The monoisotopic (exact) mass is 212 g/mol. The van der Waals surface area contributed by atoms with Crippen molar-refractivity contribution < 1.29 is 9.53 Å². The Morgan fingerprint density at radius 1 is 1.47 bits per heavy atom. The van der Waals surface area contributed by atoms with Crippen molar-refractivity contribution in [1.29, 1.82) is 0 Å². The number of carbonyl (C=O) groups is 1. The number of amides is 1. The molecule has 1 amide bonds. The fraction of sp³-hybridized carbons (Fsp3) is 0.909. The topological polar surface area (TPSA) is 41.6 Å². The third kappa shape index (κ3) is 2.32. The van der Waals surface area contributed by atoms with Crippen LogP contribution in [-0.4, -0.2) is 48.7 Å². The summed E-state index contributed by atoms with van der Waals surface area (Å²) in [6.07, 6.45) is 1.74. The minimum atomic E-state index is -0.169. The minimum absolute atomic E-state index is 0.169. The van der Waals surface area contributed by atoms with Crippen LogP contribution in [0.5, 0.6) is 0 Å². The summed E-state index contributed by atoms with van der Waals surface area (Å²) >= 11 is 0. The van der Waals surface area contributed by atoms with E-state index in [1.165, 1.54) is 0 Å². The number of hydrogen-bond acceptors (Lipinski definition) is 3. The second-order valence-electron chi connectivity index (χ2n) is 4.65. The standard InChI is InChI=1S/C11H20N2O2/c1-8-7-13(9(2)6-12-8)11(14)10-4-3-5-15-10/h8-10,12H,3-7H2,1-2H3/t8?,9?,10-/m0/s1. The molecule has 2 fully saturated rings. The van der Waals surface area contributed by atoms with Gasteiger partial charge in [0.1, 0.15) is 6.10 Å². The minimum Gasteiger partial charge on any atom is -0.368 e. The summed E-state index contributed by atoms with van der Waals surface area (Å²) in [5.74, 6) is 0.188. The van der Waals surface area contributed by atoms with Crippen molar-refractivity contribution in [3.63, 3.8) is 0 Å². The molecule has 2 aliphatic heterocycles. The van der Waals surface area contributed by atoms with Gasteiger partial charge in [-0.15, -0.1) is 0 Å². The van der Waals surface area contributed by atoms with E-state index in [9.17, 15) is 4.79 Å². The molecule has 2 rings (SSSR count). The van der Waals surface area contributed by atoms with Gasteiger partial charge in [0.05, 0.1) is 0 Å². The summed E-state index contributed by atoms with van der Waals surface area (Å²) in [6.45, 7) is 6.64. The Morgan fingerprint density at radius 2 is 2.27 bits per heavy atom. The number of rotatable bonds is 1. The van der Waals surface area contributed by atoms with Gasteiger partial charge in [0.15, 0.2) is 0 Å². The zero-order valence-corrected chi connectivity index (χ0v) is 9.53. The Labute approximate surface area is 91.0 Å². The van der Waals surface area contributed by atoms with Crippen molar-refractivity contribution in [2.24, 2.45) is 0 Å². The van der Waals surface area contributed by atoms with Crippen molar-refractivity contribution in [1.82, 2.24) is 10.2 Å². The zero-order valence-electron chi connectivity index (χ0n) is 9.53. The number of ether oxygens (including phenoxy) is 1. The molecular formula is C11H20N2O2. The van der Waals surface area contributed by atoms with Crippen LogP contribution >= 0.6 is 0 Å². The van der Waals surface area contributed by atoms with Gasteiger partial charge < -0.3 is 15.0 Å². The Hall–Kier alpha value is -0.610. The van der Waals surface area contributed by atoms with Gasteiger partial charge in [0.25, 0.3) is 5.91 Å². The Morgan fingerprint density at radius 3 is 2.93 bits per heavy atom. The molecule has 86 valence electrons. The maximum absolute atomic E-state index is 12.1. The molecule has 0 aliphatic carbocycles. The summed E-state index contributed by atoms with van der Waals surface area (Å²) in [6, 6.07) is 0.685. The highest BCUT2D eigenvalue weighted by molar-refractivity contribution is 5.81. The molecule has 2 saturated heterocycles. The summed E-state index contributed by atoms with van der Waals surface area (Å²) in [5.41, 5.74) is 0. The van der Waals surface area contributed by atoms with Gasteiger partial charge in [-0.3, -0.25) is 4.79 Å². The zero-order chi connectivity index (χ0) is 10.8. The normalized spacial score (nSPS) is 36.9. The highest BCUT2D eigenvalue weighted by atomic mass is 16.5. The molecule has 4 nitrogen and oxygen atoms in total. The molecule has 15 heavy (non-hydrogen) atoms. The van der Waals surface area contributed by atoms with Gasteiger partial charge in [0.2, 0.25) is 0 Å². The lowest BCUT2D eigenvalue weighted by atomic mass is 10.1. The van der Waals surface area contributed by atoms with Crippen molar-refractivity contribution in [2.75, 3.05) is 19.7 Å². The lowest BCUT2D eigenvalue weighted by molar-refractivity contribution is -0.144. The smallest absolute Gasteiger partial charge is 0.252 e. The van der Waals surface area contributed by atoms with E-state index in [-0.39, 0.29) is 18.1 Å². The van der Waals surface area contributed by atoms with Crippen LogP contribution < -0.4 is 5.32 Å². The lowest BCUT2D eigenvalue weighted by Crippen LogP contribution is -2.58. The summed E-state index contributed by atoms with van der Waals surface area (Å²) in [5, 5.41) is 3.37. The highest BCUT2D eigenvalue weighted by Gasteiger charge is 2.33. The predicted molar refractivity (Wildman–Crippen MR) is 57.6 cm³/mol.